The van der Waals surface area contributed by atoms with Crippen LogP contribution in [0.3, 0.4) is 0 Å². The molecular formula is C16H19F2N3O2. The lowest BCUT2D eigenvalue weighted by atomic mass is 9.95. The minimum absolute atomic E-state index is 0.00657. The quantitative estimate of drug-likeness (QED) is 0.582. The number of aliphatic hydroxyl groups is 1. The van der Waals surface area contributed by atoms with E-state index in [0.29, 0.717) is 12.5 Å². The number of nitrogens with zero attached hydrogens (tertiary/aromatic N) is 1. The number of hydrogen-bond donors (Lipinski definition) is 3. The van der Waals surface area contributed by atoms with Crippen LogP contribution in [0.5, 0.6) is 0 Å². The van der Waals surface area contributed by atoms with E-state index in [0.717, 1.165) is 17.9 Å². The van der Waals surface area contributed by atoms with Crippen molar-refractivity contribution in [3.63, 3.8) is 0 Å². The fourth-order valence-electron chi connectivity index (χ4n) is 2.08. The molecule has 3 N–H and O–H groups in total. The molecule has 0 aliphatic carbocycles. The number of hydrogen-bond acceptors (Lipinski definition) is 3. The predicted molar refractivity (Wildman–Crippen MR) is 82.8 cm³/mol. The summed E-state index contributed by atoms with van der Waals surface area (Å²) in [6.07, 6.45) is 1.56. The van der Waals surface area contributed by atoms with Gasteiger partial charge in [0, 0.05) is 18.7 Å². The number of halogens is 2. The lowest BCUT2D eigenvalue weighted by Crippen LogP contribution is -2.44. The van der Waals surface area contributed by atoms with Crippen molar-refractivity contribution in [2.45, 2.75) is 19.1 Å². The zero-order valence-electron chi connectivity index (χ0n) is 12.9. The first-order chi connectivity index (χ1) is 10.9. The Hall–Kier alpha value is -2.41. The second kappa shape index (κ2) is 7.23. The molecule has 0 saturated heterocycles. The van der Waals surface area contributed by atoms with Gasteiger partial charge in [-0.2, -0.15) is 0 Å². The Bertz CT molecular complexity index is 670. The first-order valence-electron chi connectivity index (χ1n) is 7.07. The lowest BCUT2D eigenvalue weighted by molar-refractivity contribution is 0.0577. The summed E-state index contributed by atoms with van der Waals surface area (Å²) >= 11 is 0. The van der Waals surface area contributed by atoms with Crippen molar-refractivity contribution in [3.05, 3.63) is 59.6 Å². The molecule has 0 amide bonds. The van der Waals surface area contributed by atoms with Gasteiger partial charge in [-0.25, -0.2) is 8.78 Å². The number of guanidine groups is 1. The summed E-state index contributed by atoms with van der Waals surface area (Å²) in [6, 6.07) is 6.66. The van der Waals surface area contributed by atoms with Gasteiger partial charge in [-0.3, -0.25) is 4.99 Å². The highest BCUT2D eigenvalue weighted by Gasteiger charge is 2.27. The minimum atomic E-state index is -1.53. The van der Waals surface area contributed by atoms with Crippen molar-refractivity contribution < 1.29 is 18.3 Å². The van der Waals surface area contributed by atoms with Crippen LogP contribution in [0, 0.1) is 11.6 Å². The highest BCUT2D eigenvalue weighted by molar-refractivity contribution is 5.79. The molecule has 1 atom stereocenters. The monoisotopic (exact) mass is 323 g/mol. The van der Waals surface area contributed by atoms with Crippen molar-refractivity contribution in [3.8, 4) is 0 Å². The van der Waals surface area contributed by atoms with Crippen LogP contribution in [0.2, 0.25) is 0 Å². The van der Waals surface area contributed by atoms with Crippen LogP contribution in [-0.2, 0) is 12.1 Å². The van der Waals surface area contributed by atoms with Crippen LogP contribution < -0.4 is 10.6 Å². The summed E-state index contributed by atoms with van der Waals surface area (Å²) in [5.74, 6) is -0.338. The molecule has 0 aliphatic heterocycles. The van der Waals surface area contributed by atoms with Gasteiger partial charge in [-0.1, -0.05) is 6.07 Å². The number of nitrogens with one attached hydrogen (secondary N) is 2. The highest BCUT2D eigenvalue weighted by atomic mass is 19.1. The van der Waals surface area contributed by atoms with E-state index in [1.807, 2.05) is 6.07 Å². The smallest absolute Gasteiger partial charge is 0.191 e. The van der Waals surface area contributed by atoms with E-state index in [1.165, 1.54) is 13.0 Å². The lowest BCUT2D eigenvalue weighted by Gasteiger charge is -2.25. The molecule has 0 saturated carbocycles. The van der Waals surface area contributed by atoms with E-state index in [-0.39, 0.29) is 12.1 Å². The zero-order chi connectivity index (χ0) is 16.9. The Balaban J connectivity index is 1.96. The normalized spacial score (nSPS) is 14.4. The molecular weight excluding hydrogens is 304 g/mol. The first kappa shape index (κ1) is 17.0. The van der Waals surface area contributed by atoms with Crippen LogP contribution >= 0.6 is 0 Å². The van der Waals surface area contributed by atoms with Gasteiger partial charge in [0.05, 0.1) is 19.4 Å². The molecule has 0 radical (unpaired) electrons. The molecule has 5 nitrogen and oxygen atoms in total. The Morgan fingerprint density at radius 3 is 2.70 bits per heavy atom. The van der Waals surface area contributed by atoms with Gasteiger partial charge in [0.2, 0.25) is 0 Å². The van der Waals surface area contributed by atoms with Crippen LogP contribution in [0.1, 0.15) is 18.2 Å². The highest BCUT2D eigenvalue weighted by Crippen LogP contribution is 2.23. The Morgan fingerprint density at radius 1 is 1.30 bits per heavy atom. The molecule has 0 bridgehead atoms. The van der Waals surface area contributed by atoms with Crippen LogP contribution in [0.4, 0.5) is 8.78 Å². The molecule has 124 valence electrons. The maximum absolute atomic E-state index is 13.8. The van der Waals surface area contributed by atoms with Crippen molar-refractivity contribution >= 4 is 5.96 Å². The SMILES string of the molecule is CN=C(NCc1ccco1)NCC(C)(O)c1ccc(F)cc1F. The van der Waals surface area contributed by atoms with E-state index < -0.39 is 17.2 Å². The van der Waals surface area contributed by atoms with E-state index in [1.54, 1.807) is 19.4 Å². The molecule has 2 aromatic rings. The van der Waals surface area contributed by atoms with Gasteiger partial charge < -0.3 is 20.2 Å². The van der Waals surface area contributed by atoms with Crippen molar-refractivity contribution in [2.75, 3.05) is 13.6 Å². The topological polar surface area (TPSA) is 69.8 Å². The number of furan rings is 1. The van der Waals surface area contributed by atoms with Gasteiger partial charge in [0.1, 0.15) is 23.0 Å². The minimum Gasteiger partial charge on any atom is -0.467 e. The Morgan fingerprint density at radius 2 is 2.09 bits per heavy atom. The first-order valence-corrected chi connectivity index (χ1v) is 7.07. The fourth-order valence-corrected chi connectivity index (χ4v) is 2.08. The van der Waals surface area contributed by atoms with E-state index >= 15 is 0 Å². The Labute approximate surface area is 133 Å². The summed E-state index contributed by atoms with van der Waals surface area (Å²) in [7, 11) is 1.57. The molecule has 0 spiro atoms. The van der Waals surface area contributed by atoms with E-state index in [2.05, 4.69) is 15.6 Å². The second-order valence-corrected chi connectivity index (χ2v) is 5.26. The standard InChI is InChI=1S/C16H19F2N3O2/c1-16(22,13-6-5-11(17)8-14(13)18)10-21-15(19-2)20-9-12-4-3-7-23-12/h3-8,22H,9-10H2,1-2H3,(H2,19,20,21). The van der Waals surface area contributed by atoms with Crippen LogP contribution in [0.15, 0.2) is 46.0 Å². The average molecular weight is 323 g/mol. The maximum Gasteiger partial charge on any atom is 0.191 e. The van der Waals surface area contributed by atoms with Crippen molar-refractivity contribution in [2.24, 2.45) is 4.99 Å². The summed E-state index contributed by atoms with van der Waals surface area (Å²) in [4.78, 5) is 4.01. The fraction of sp³-hybridized carbons (Fsp3) is 0.312. The third-order valence-electron chi connectivity index (χ3n) is 3.35. The summed E-state index contributed by atoms with van der Waals surface area (Å²) in [5.41, 5.74) is -1.52. The molecule has 1 heterocycles. The molecule has 1 aromatic heterocycles. The average Bonchev–Trinajstić information content (AvgIpc) is 3.00. The molecule has 1 aromatic carbocycles. The molecule has 0 aliphatic rings. The molecule has 7 heteroatoms. The number of rotatable bonds is 5. The predicted octanol–water partition coefficient (Wildman–Crippen LogP) is 2.13. The second-order valence-electron chi connectivity index (χ2n) is 5.26. The van der Waals surface area contributed by atoms with Gasteiger partial charge in [0.15, 0.2) is 5.96 Å². The zero-order valence-corrected chi connectivity index (χ0v) is 12.9. The van der Waals surface area contributed by atoms with Gasteiger partial charge in [-0.05, 0) is 25.1 Å². The van der Waals surface area contributed by atoms with Gasteiger partial charge in [-0.15, -0.1) is 0 Å². The van der Waals surface area contributed by atoms with E-state index in [4.69, 9.17) is 4.42 Å². The number of benzene rings is 1. The van der Waals surface area contributed by atoms with Gasteiger partial charge >= 0.3 is 0 Å². The molecule has 2 rings (SSSR count). The van der Waals surface area contributed by atoms with Crippen molar-refractivity contribution in [1.29, 1.82) is 0 Å². The number of aliphatic imine (C=N–C) groups is 1. The molecule has 23 heavy (non-hydrogen) atoms. The third kappa shape index (κ3) is 4.53. The van der Waals surface area contributed by atoms with Crippen LogP contribution in [-0.4, -0.2) is 24.7 Å². The maximum atomic E-state index is 13.8. The Kier molecular flexibility index (Phi) is 5.33. The van der Waals surface area contributed by atoms with Crippen molar-refractivity contribution in [1.82, 2.24) is 10.6 Å². The van der Waals surface area contributed by atoms with Crippen LogP contribution in [0.25, 0.3) is 0 Å². The van der Waals surface area contributed by atoms with Gasteiger partial charge in [0.25, 0.3) is 0 Å². The summed E-state index contributed by atoms with van der Waals surface area (Å²) in [5, 5.41) is 16.3. The largest absolute Gasteiger partial charge is 0.467 e. The van der Waals surface area contributed by atoms with E-state index in [9.17, 15) is 13.9 Å². The molecule has 0 fully saturated rings. The summed E-state index contributed by atoms with van der Waals surface area (Å²) < 4.78 is 32.0. The third-order valence-corrected chi connectivity index (χ3v) is 3.35. The summed E-state index contributed by atoms with van der Waals surface area (Å²) in [6.45, 7) is 1.85. The molecule has 1 unspecified atom stereocenters.